The molecule has 0 amide bonds. The first-order chi connectivity index (χ1) is 13.5. The molecule has 4 saturated carbocycles. The molecule has 166 valence electrons. The van der Waals surface area contributed by atoms with Crippen LogP contribution in [0.25, 0.3) is 0 Å². The molecule has 0 bridgehead atoms. The highest BCUT2D eigenvalue weighted by Gasteiger charge is 2.70. The Kier molecular flexibility index (Phi) is 4.57. The van der Waals surface area contributed by atoms with Gasteiger partial charge in [0.15, 0.2) is 5.79 Å². The van der Waals surface area contributed by atoms with Gasteiger partial charge in [-0.3, -0.25) is 0 Å². The monoisotopic (exact) mass is 408 g/mol. The van der Waals surface area contributed by atoms with Crippen molar-refractivity contribution in [2.24, 2.45) is 39.9 Å². The lowest BCUT2D eigenvalue weighted by molar-refractivity contribution is -0.351. The van der Waals surface area contributed by atoms with Gasteiger partial charge in [-0.25, -0.2) is 0 Å². The van der Waals surface area contributed by atoms with Gasteiger partial charge in [-0.2, -0.15) is 0 Å². The summed E-state index contributed by atoms with van der Waals surface area (Å²) in [5, 5.41) is 32.7. The summed E-state index contributed by atoms with van der Waals surface area (Å²) in [7, 11) is 0. The van der Waals surface area contributed by atoms with Crippen LogP contribution in [0.4, 0.5) is 0 Å². The fourth-order valence-electron chi connectivity index (χ4n) is 8.38. The number of ether oxygens (including phenoxy) is 2. The molecule has 4 aliphatic carbocycles. The number of hydrogen-bond acceptors (Lipinski definition) is 5. The topological polar surface area (TPSA) is 79.2 Å². The summed E-state index contributed by atoms with van der Waals surface area (Å²) in [5.74, 6) is 0.235. The highest BCUT2D eigenvalue weighted by atomic mass is 16.7. The predicted molar refractivity (Wildman–Crippen MR) is 109 cm³/mol. The van der Waals surface area contributed by atoms with Crippen LogP contribution in [0.15, 0.2) is 0 Å². The van der Waals surface area contributed by atoms with Crippen molar-refractivity contribution < 1.29 is 24.8 Å². The quantitative estimate of drug-likeness (QED) is 0.574. The molecule has 29 heavy (non-hydrogen) atoms. The maximum Gasteiger partial charge on any atom is 0.173 e. The summed E-state index contributed by atoms with van der Waals surface area (Å²) < 4.78 is 13.0. The first-order valence-electron chi connectivity index (χ1n) is 11.9. The Morgan fingerprint density at radius 1 is 0.724 bits per heavy atom. The van der Waals surface area contributed by atoms with Gasteiger partial charge in [-0.15, -0.1) is 0 Å². The fraction of sp³-hybridized carbons (Fsp3) is 1.00. The van der Waals surface area contributed by atoms with Gasteiger partial charge in [0.1, 0.15) is 0 Å². The van der Waals surface area contributed by atoms with Gasteiger partial charge in [-0.1, -0.05) is 27.7 Å². The molecule has 0 radical (unpaired) electrons. The second-order valence-corrected chi connectivity index (χ2v) is 12.3. The Morgan fingerprint density at radius 3 is 2.07 bits per heavy atom. The van der Waals surface area contributed by atoms with E-state index in [4.69, 9.17) is 9.47 Å². The van der Waals surface area contributed by atoms with Gasteiger partial charge < -0.3 is 24.8 Å². The van der Waals surface area contributed by atoms with Crippen LogP contribution in [0, 0.1) is 39.9 Å². The lowest BCUT2D eigenvalue weighted by Crippen LogP contribution is -2.66. The van der Waals surface area contributed by atoms with Crippen LogP contribution in [0.2, 0.25) is 0 Å². The summed E-state index contributed by atoms with van der Waals surface area (Å²) in [6.45, 7) is 10.4. The van der Waals surface area contributed by atoms with Crippen LogP contribution in [-0.4, -0.2) is 52.6 Å². The molecule has 1 aliphatic heterocycles. The predicted octanol–water partition coefficient (Wildman–Crippen LogP) is 3.10. The van der Waals surface area contributed by atoms with Crippen molar-refractivity contribution in [2.75, 3.05) is 13.2 Å². The lowest BCUT2D eigenvalue weighted by Gasteiger charge is -2.64. The summed E-state index contributed by atoms with van der Waals surface area (Å²) in [6, 6.07) is 0. The summed E-state index contributed by atoms with van der Waals surface area (Å²) in [6.07, 6.45) is 4.53. The summed E-state index contributed by atoms with van der Waals surface area (Å²) in [4.78, 5) is 0. The minimum atomic E-state index is -0.748. The third-order valence-electron chi connectivity index (χ3n) is 10.2. The van der Waals surface area contributed by atoms with E-state index in [9.17, 15) is 15.3 Å². The number of rotatable bonds is 0. The van der Waals surface area contributed by atoms with Crippen molar-refractivity contribution in [2.45, 2.75) is 96.7 Å². The lowest BCUT2D eigenvalue weighted by atomic mass is 9.43. The van der Waals surface area contributed by atoms with E-state index >= 15 is 0 Å². The van der Waals surface area contributed by atoms with Crippen LogP contribution >= 0.6 is 0 Å². The molecular formula is C24H40O5. The molecule has 1 heterocycles. The van der Waals surface area contributed by atoms with E-state index < -0.39 is 18.0 Å². The smallest absolute Gasteiger partial charge is 0.173 e. The fourth-order valence-corrected chi connectivity index (χ4v) is 8.38. The number of aliphatic hydroxyl groups excluding tert-OH is 3. The Morgan fingerprint density at radius 2 is 1.38 bits per heavy atom. The average molecular weight is 409 g/mol. The van der Waals surface area contributed by atoms with Crippen molar-refractivity contribution in [3.63, 3.8) is 0 Å². The zero-order valence-electron chi connectivity index (χ0n) is 18.6. The molecule has 3 N–H and O–H groups in total. The molecular weight excluding hydrogens is 368 g/mol. The largest absolute Gasteiger partial charge is 0.393 e. The van der Waals surface area contributed by atoms with Gasteiger partial charge in [0, 0.05) is 17.3 Å². The number of fused-ring (bicyclic) bond motifs is 6. The summed E-state index contributed by atoms with van der Waals surface area (Å²) in [5.41, 5.74) is -0.0836. The van der Waals surface area contributed by atoms with Crippen LogP contribution in [0.1, 0.15) is 72.6 Å². The zero-order valence-corrected chi connectivity index (χ0v) is 18.6. The molecule has 1 spiro atoms. The van der Waals surface area contributed by atoms with E-state index in [-0.39, 0.29) is 34.2 Å². The Bertz CT molecular complexity index is 654. The first-order valence-corrected chi connectivity index (χ1v) is 11.9. The van der Waals surface area contributed by atoms with Gasteiger partial charge in [0.05, 0.1) is 31.5 Å². The van der Waals surface area contributed by atoms with E-state index in [0.717, 1.165) is 38.5 Å². The molecule has 0 aromatic rings. The van der Waals surface area contributed by atoms with E-state index in [1.54, 1.807) is 0 Å². The van der Waals surface area contributed by atoms with Crippen molar-refractivity contribution >= 4 is 0 Å². The molecule has 5 fully saturated rings. The standard InChI is InChI=1S/C24H40O5/c1-21(2)12-28-24(29-13-21)10-7-16-18-15(6-9-23(16,24)4)22(3)8-5-14(25)11-17(22)19(26)20(18)27/h14-20,25-27H,5-13H2,1-4H3/t14-,15-,16-,17?,18+,19+,20+,22+,23-/m0/s1. The Balaban J connectivity index is 1.47. The highest BCUT2D eigenvalue weighted by molar-refractivity contribution is 5.16. The maximum absolute atomic E-state index is 11.3. The van der Waals surface area contributed by atoms with E-state index in [1.807, 2.05) is 0 Å². The van der Waals surface area contributed by atoms with Gasteiger partial charge in [0.2, 0.25) is 0 Å². The Labute approximate surface area is 175 Å². The van der Waals surface area contributed by atoms with E-state index in [2.05, 4.69) is 27.7 Å². The number of aliphatic hydroxyl groups is 3. The van der Waals surface area contributed by atoms with Crippen LogP contribution in [0.3, 0.4) is 0 Å². The molecule has 0 aromatic heterocycles. The van der Waals surface area contributed by atoms with Crippen molar-refractivity contribution in [1.29, 1.82) is 0 Å². The van der Waals surface area contributed by atoms with Crippen molar-refractivity contribution in [3.05, 3.63) is 0 Å². The summed E-state index contributed by atoms with van der Waals surface area (Å²) >= 11 is 0. The molecule has 1 unspecified atom stereocenters. The molecule has 9 atom stereocenters. The molecule has 5 heteroatoms. The van der Waals surface area contributed by atoms with Gasteiger partial charge >= 0.3 is 0 Å². The SMILES string of the molecule is CC1(C)COC2(CC[C@H]3[C@@H]4[C@@H](O)[C@H](O)C5C[C@@H](O)CC[C@]5(C)[C@H]4CC[C@@]32C)OC1. The molecule has 5 aliphatic rings. The third kappa shape index (κ3) is 2.70. The third-order valence-corrected chi connectivity index (χ3v) is 10.2. The van der Waals surface area contributed by atoms with Gasteiger partial charge in [-0.05, 0) is 67.6 Å². The minimum Gasteiger partial charge on any atom is -0.393 e. The normalized spacial score (nSPS) is 55.8. The first kappa shape index (κ1) is 20.7. The van der Waals surface area contributed by atoms with Crippen molar-refractivity contribution in [3.8, 4) is 0 Å². The second kappa shape index (κ2) is 6.41. The van der Waals surface area contributed by atoms with Gasteiger partial charge in [0.25, 0.3) is 0 Å². The molecule has 1 saturated heterocycles. The second-order valence-electron chi connectivity index (χ2n) is 12.3. The number of hydrogen-bond donors (Lipinski definition) is 3. The van der Waals surface area contributed by atoms with E-state index in [1.165, 1.54) is 0 Å². The van der Waals surface area contributed by atoms with E-state index in [0.29, 0.717) is 31.5 Å². The Hall–Kier alpha value is -0.200. The van der Waals surface area contributed by atoms with Crippen molar-refractivity contribution in [1.82, 2.24) is 0 Å². The zero-order chi connectivity index (χ0) is 20.8. The van der Waals surface area contributed by atoms with Crippen LogP contribution in [-0.2, 0) is 9.47 Å². The molecule has 5 nitrogen and oxygen atoms in total. The molecule has 0 aromatic carbocycles. The highest BCUT2D eigenvalue weighted by Crippen LogP contribution is 2.69. The van der Waals surface area contributed by atoms with Crippen LogP contribution in [0.5, 0.6) is 0 Å². The minimum absolute atomic E-state index is 0.00407. The van der Waals surface area contributed by atoms with Crippen LogP contribution < -0.4 is 0 Å². The molecule has 5 rings (SSSR count). The maximum atomic E-state index is 11.3. The average Bonchev–Trinajstić information content (AvgIpc) is 2.96.